The molecule has 168 valence electrons. The van der Waals surface area contributed by atoms with E-state index in [9.17, 15) is 18.0 Å². The van der Waals surface area contributed by atoms with Gasteiger partial charge in [0.2, 0.25) is 5.88 Å². The molecule has 3 heterocycles. The van der Waals surface area contributed by atoms with Crippen molar-refractivity contribution in [3.8, 4) is 11.7 Å². The summed E-state index contributed by atoms with van der Waals surface area (Å²) in [5.74, 6) is -0.723. The maximum Gasteiger partial charge on any atom is 0.434 e. The maximum absolute atomic E-state index is 13.8. The maximum atomic E-state index is 13.8. The summed E-state index contributed by atoms with van der Waals surface area (Å²) in [5, 5.41) is 13.7. The number of amides is 1. The molecule has 0 unspecified atom stereocenters. The lowest BCUT2D eigenvalue weighted by Crippen LogP contribution is -2.32. The van der Waals surface area contributed by atoms with Gasteiger partial charge in [0.15, 0.2) is 11.5 Å². The number of aromatic nitrogens is 4. The van der Waals surface area contributed by atoms with Gasteiger partial charge in [-0.3, -0.25) is 4.79 Å². The highest BCUT2D eigenvalue weighted by Gasteiger charge is 2.41. The van der Waals surface area contributed by atoms with Gasteiger partial charge < -0.3 is 15.0 Å². The van der Waals surface area contributed by atoms with Crippen LogP contribution in [0.15, 0.2) is 48.7 Å². The Labute approximate surface area is 182 Å². The molecule has 0 radical (unpaired) electrons. The van der Waals surface area contributed by atoms with Crippen molar-refractivity contribution in [1.82, 2.24) is 25.3 Å². The van der Waals surface area contributed by atoms with Crippen LogP contribution in [0.1, 0.15) is 22.5 Å². The number of nitrogens with one attached hydrogen (secondary N) is 1. The zero-order chi connectivity index (χ0) is 22.7. The summed E-state index contributed by atoms with van der Waals surface area (Å²) < 4.78 is 46.8. The Balaban J connectivity index is 1.47. The van der Waals surface area contributed by atoms with Crippen LogP contribution in [0.4, 0.5) is 18.9 Å². The number of hydrogen-bond acceptors (Lipinski definition) is 6. The Kier molecular flexibility index (Phi) is 5.97. The van der Waals surface area contributed by atoms with Gasteiger partial charge in [0.25, 0.3) is 5.91 Å². The molecule has 2 aromatic heterocycles. The largest absolute Gasteiger partial charge is 0.480 e. The molecule has 1 aromatic carbocycles. The molecule has 0 spiro atoms. The fourth-order valence-corrected chi connectivity index (χ4v) is 3.70. The number of methoxy groups -OCH3 is 1. The number of ether oxygens (including phenoxy) is 1. The normalized spacial score (nSPS) is 16.2. The van der Waals surface area contributed by atoms with Crippen LogP contribution < -0.4 is 15.0 Å². The predicted molar refractivity (Wildman–Crippen MR) is 110 cm³/mol. The molecule has 32 heavy (non-hydrogen) atoms. The van der Waals surface area contributed by atoms with E-state index in [2.05, 4.69) is 25.5 Å². The van der Waals surface area contributed by atoms with Crippen LogP contribution in [0.25, 0.3) is 5.82 Å². The molecule has 1 amide bonds. The highest BCUT2D eigenvalue weighted by Crippen LogP contribution is 2.33. The molecular weight excluding hydrogens is 425 g/mol. The molecule has 8 nitrogen and oxygen atoms in total. The fourth-order valence-electron chi connectivity index (χ4n) is 3.70. The van der Waals surface area contributed by atoms with E-state index in [1.165, 1.54) is 19.2 Å². The lowest BCUT2D eigenvalue weighted by atomic mass is 10.1. The summed E-state index contributed by atoms with van der Waals surface area (Å²) in [6, 6.07) is 12.5. The van der Waals surface area contributed by atoms with Crippen molar-refractivity contribution in [1.29, 1.82) is 0 Å². The van der Waals surface area contributed by atoms with Crippen LogP contribution in [0, 0.1) is 5.92 Å². The van der Waals surface area contributed by atoms with Crippen molar-refractivity contribution in [2.45, 2.75) is 12.6 Å². The van der Waals surface area contributed by atoms with Crippen LogP contribution >= 0.6 is 0 Å². The van der Waals surface area contributed by atoms with Gasteiger partial charge in [-0.25, -0.2) is 4.68 Å². The summed E-state index contributed by atoms with van der Waals surface area (Å²) in [7, 11) is 1.37. The van der Waals surface area contributed by atoms with Gasteiger partial charge in [0.05, 0.1) is 18.9 Å². The summed E-state index contributed by atoms with van der Waals surface area (Å²) >= 11 is 0. The highest BCUT2D eigenvalue weighted by molar-refractivity contribution is 5.95. The zero-order valence-electron chi connectivity index (χ0n) is 17.2. The lowest BCUT2D eigenvalue weighted by Gasteiger charge is -2.18. The second kappa shape index (κ2) is 8.85. The van der Waals surface area contributed by atoms with E-state index in [0.29, 0.717) is 4.68 Å². The average Bonchev–Trinajstić information content (AvgIpc) is 3.46. The number of anilines is 1. The number of nitrogens with zero attached hydrogens (tertiary/aromatic N) is 5. The molecule has 0 saturated carbocycles. The van der Waals surface area contributed by atoms with Crippen molar-refractivity contribution < 1.29 is 22.7 Å². The van der Waals surface area contributed by atoms with E-state index in [0.717, 1.165) is 31.4 Å². The molecule has 4 rings (SSSR count). The molecular formula is C21H21F3N6O2. The quantitative estimate of drug-likeness (QED) is 0.627. The van der Waals surface area contributed by atoms with E-state index in [1.54, 1.807) is 0 Å². The number of hydrogen-bond donors (Lipinski definition) is 1. The molecule has 1 aliphatic heterocycles. The summed E-state index contributed by atoms with van der Waals surface area (Å²) in [6.45, 7) is 1.82. The number of carbonyl (C=O) groups excluding carboxylic acids is 1. The zero-order valence-corrected chi connectivity index (χ0v) is 17.2. The van der Waals surface area contributed by atoms with Crippen molar-refractivity contribution in [2.24, 2.45) is 5.92 Å². The molecule has 1 aliphatic rings. The topological polar surface area (TPSA) is 85.2 Å². The van der Waals surface area contributed by atoms with Crippen LogP contribution in [-0.2, 0) is 6.18 Å². The van der Waals surface area contributed by atoms with E-state index in [1.807, 2.05) is 30.3 Å². The Hall–Kier alpha value is -3.63. The fraction of sp³-hybridized carbons (Fsp3) is 0.333. The first-order chi connectivity index (χ1) is 15.4. The van der Waals surface area contributed by atoms with Crippen molar-refractivity contribution >= 4 is 11.6 Å². The van der Waals surface area contributed by atoms with Gasteiger partial charge in [0, 0.05) is 31.4 Å². The lowest BCUT2D eigenvalue weighted by molar-refractivity contribution is -0.143. The Morgan fingerprint density at radius 3 is 2.62 bits per heavy atom. The van der Waals surface area contributed by atoms with Gasteiger partial charge in [-0.2, -0.15) is 18.3 Å². The Morgan fingerprint density at radius 2 is 1.97 bits per heavy atom. The van der Waals surface area contributed by atoms with E-state index in [-0.39, 0.29) is 24.2 Å². The van der Waals surface area contributed by atoms with Crippen molar-refractivity contribution in [3.05, 3.63) is 59.9 Å². The third-order valence-electron chi connectivity index (χ3n) is 5.29. The van der Waals surface area contributed by atoms with Crippen LogP contribution in [0.2, 0.25) is 0 Å². The van der Waals surface area contributed by atoms with Gasteiger partial charge in [0.1, 0.15) is 0 Å². The molecule has 0 bridgehead atoms. The molecule has 0 aliphatic carbocycles. The average molecular weight is 446 g/mol. The number of benzene rings is 1. The number of alkyl halides is 3. The third kappa shape index (κ3) is 4.51. The molecule has 11 heteroatoms. The minimum absolute atomic E-state index is 0.135. The first kappa shape index (κ1) is 21.6. The number of carbonyl (C=O) groups is 1. The van der Waals surface area contributed by atoms with E-state index < -0.39 is 23.3 Å². The highest BCUT2D eigenvalue weighted by atomic mass is 19.4. The SMILES string of the molecule is COc1ccc(-n2ncc(C(=O)NC[C@H]3CCN(c4ccccc4)C3)c2C(F)(F)F)nn1. The van der Waals surface area contributed by atoms with E-state index >= 15 is 0 Å². The van der Waals surface area contributed by atoms with Crippen LogP contribution in [0.3, 0.4) is 0 Å². The molecule has 3 aromatic rings. The van der Waals surface area contributed by atoms with Crippen LogP contribution in [-0.4, -0.2) is 52.6 Å². The van der Waals surface area contributed by atoms with Gasteiger partial charge in [-0.05, 0) is 30.5 Å². The summed E-state index contributed by atoms with van der Waals surface area (Å²) in [4.78, 5) is 14.8. The molecule has 1 fully saturated rings. The van der Waals surface area contributed by atoms with Gasteiger partial charge >= 0.3 is 6.18 Å². The standard InChI is InChI=1S/C21H21F3N6O2/c1-32-18-8-7-17(27-28-18)30-19(21(22,23)24)16(12-26-30)20(31)25-11-14-9-10-29(13-14)15-5-3-2-4-6-15/h2-8,12,14H,9-11,13H2,1H3,(H,25,31)/t14-/m1/s1. The predicted octanol–water partition coefficient (Wildman–Crippen LogP) is 2.95. The third-order valence-corrected chi connectivity index (χ3v) is 5.29. The van der Waals surface area contributed by atoms with Crippen LogP contribution in [0.5, 0.6) is 5.88 Å². The number of halogens is 3. The first-order valence-corrected chi connectivity index (χ1v) is 9.98. The smallest absolute Gasteiger partial charge is 0.434 e. The number of rotatable bonds is 6. The Morgan fingerprint density at radius 1 is 1.19 bits per heavy atom. The molecule has 1 atom stereocenters. The summed E-state index contributed by atoms with van der Waals surface area (Å²) in [6.07, 6.45) is -3.08. The minimum Gasteiger partial charge on any atom is -0.480 e. The monoisotopic (exact) mass is 446 g/mol. The Bertz CT molecular complexity index is 1070. The van der Waals surface area contributed by atoms with Crippen molar-refractivity contribution in [3.63, 3.8) is 0 Å². The molecule has 1 N–H and O–H groups in total. The van der Waals surface area contributed by atoms with Gasteiger partial charge in [-0.1, -0.05) is 18.2 Å². The molecule has 1 saturated heterocycles. The van der Waals surface area contributed by atoms with E-state index in [4.69, 9.17) is 4.74 Å². The second-order valence-electron chi connectivity index (χ2n) is 7.40. The second-order valence-corrected chi connectivity index (χ2v) is 7.40. The van der Waals surface area contributed by atoms with Gasteiger partial charge in [-0.15, -0.1) is 10.2 Å². The summed E-state index contributed by atoms with van der Waals surface area (Å²) in [5.41, 5.74) is -0.678. The van der Waals surface area contributed by atoms with Crippen molar-refractivity contribution in [2.75, 3.05) is 31.6 Å². The minimum atomic E-state index is -4.82. The first-order valence-electron chi connectivity index (χ1n) is 9.98. The number of para-hydroxylation sites is 1.